The molecular formula is C25H35N3O4. The number of benzene rings is 1. The summed E-state index contributed by atoms with van der Waals surface area (Å²) < 4.78 is 21.5. The van der Waals surface area contributed by atoms with Crippen LogP contribution in [-0.2, 0) is 9.47 Å². The molecule has 0 unspecified atom stereocenters. The first-order valence-corrected chi connectivity index (χ1v) is 10.1. The summed E-state index contributed by atoms with van der Waals surface area (Å²) in [5.41, 5.74) is 1.70. The first kappa shape index (κ1) is 28.7. The fourth-order valence-electron chi connectivity index (χ4n) is 2.18. The molecule has 1 N–H and O–H groups in total. The molecule has 0 aliphatic carbocycles. The molecule has 0 bridgehead atoms. The Morgan fingerprint density at radius 1 is 1.06 bits per heavy atom. The number of methoxy groups -OCH3 is 2. The monoisotopic (exact) mass is 441 g/mol. The number of hydrogen-bond donors (Lipinski definition) is 1. The fraction of sp³-hybridized carbons (Fsp3) is 0.360. The fourth-order valence-corrected chi connectivity index (χ4v) is 2.18. The van der Waals surface area contributed by atoms with Crippen molar-refractivity contribution in [3.05, 3.63) is 55.4 Å². The minimum atomic E-state index is 0.436. The van der Waals surface area contributed by atoms with Crippen LogP contribution in [0.25, 0.3) is 10.9 Å². The van der Waals surface area contributed by atoms with Gasteiger partial charge in [-0.2, -0.15) is 0 Å². The molecule has 0 atom stereocenters. The van der Waals surface area contributed by atoms with E-state index in [4.69, 9.17) is 25.4 Å². The summed E-state index contributed by atoms with van der Waals surface area (Å²) in [5, 5.41) is 3.92. The van der Waals surface area contributed by atoms with Gasteiger partial charge >= 0.3 is 0 Å². The maximum absolute atomic E-state index is 5.74. The lowest BCUT2D eigenvalue weighted by Crippen LogP contribution is -2.09. The van der Waals surface area contributed by atoms with E-state index in [1.807, 2.05) is 33.0 Å². The molecule has 1 aromatic heterocycles. The van der Waals surface area contributed by atoms with Crippen molar-refractivity contribution in [3.63, 3.8) is 0 Å². The van der Waals surface area contributed by atoms with Crippen molar-refractivity contribution < 1.29 is 18.9 Å². The predicted molar refractivity (Wildman–Crippen MR) is 132 cm³/mol. The van der Waals surface area contributed by atoms with E-state index in [-0.39, 0.29) is 0 Å². The zero-order valence-corrected chi connectivity index (χ0v) is 19.8. The molecular weight excluding hydrogens is 406 g/mol. The SMILES string of the molecule is C#C/C(C)=C/C=C.C=CC.CNc1ncnc2cc(OCCOC)c(OCCOC)cc12. The quantitative estimate of drug-likeness (QED) is 0.249. The van der Waals surface area contributed by atoms with E-state index in [9.17, 15) is 0 Å². The van der Waals surface area contributed by atoms with Crippen LogP contribution in [0.2, 0.25) is 0 Å². The number of allylic oxidation sites excluding steroid dienone is 4. The summed E-state index contributed by atoms with van der Waals surface area (Å²) in [6, 6.07) is 3.72. The Balaban J connectivity index is 0.000000809. The van der Waals surface area contributed by atoms with Gasteiger partial charge in [0.15, 0.2) is 11.5 Å². The number of fused-ring (bicyclic) bond motifs is 1. The van der Waals surface area contributed by atoms with Crippen LogP contribution in [0.15, 0.2) is 55.4 Å². The average molecular weight is 442 g/mol. The molecule has 1 aromatic carbocycles. The van der Waals surface area contributed by atoms with Crippen LogP contribution in [-0.4, -0.2) is 57.7 Å². The maximum atomic E-state index is 5.74. The highest BCUT2D eigenvalue weighted by Gasteiger charge is 2.11. The molecule has 0 amide bonds. The molecule has 0 spiro atoms. The van der Waals surface area contributed by atoms with Crippen LogP contribution in [0.1, 0.15) is 13.8 Å². The van der Waals surface area contributed by atoms with E-state index in [0.717, 1.165) is 22.3 Å². The molecule has 2 aromatic rings. The molecule has 0 fully saturated rings. The number of anilines is 1. The molecule has 7 nitrogen and oxygen atoms in total. The van der Waals surface area contributed by atoms with Crippen molar-refractivity contribution in [1.29, 1.82) is 0 Å². The molecule has 0 radical (unpaired) electrons. The number of ether oxygens (including phenoxy) is 4. The summed E-state index contributed by atoms with van der Waals surface area (Å²) in [5.74, 6) is 4.45. The van der Waals surface area contributed by atoms with Crippen LogP contribution < -0.4 is 14.8 Å². The smallest absolute Gasteiger partial charge is 0.163 e. The molecule has 1 heterocycles. The van der Waals surface area contributed by atoms with Gasteiger partial charge in [-0.15, -0.1) is 13.0 Å². The normalized spacial score (nSPS) is 9.94. The molecule has 2 rings (SSSR count). The number of nitrogens with zero attached hydrogens (tertiary/aromatic N) is 2. The van der Waals surface area contributed by atoms with Crippen molar-refractivity contribution in [2.75, 3.05) is 53.0 Å². The topological polar surface area (TPSA) is 74.7 Å². The summed E-state index contributed by atoms with van der Waals surface area (Å²) >= 11 is 0. The Hall–Kier alpha value is -3.34. The number of nitrogens with one attached hydrogen (secondary N) is 1. The van der Waals surface area contributed by atoms with Gasteiger partial charge in [0.05, 0.1) is 18.7 Å². The van der Waals surface area contributed by atoms with Gasteiger partial charge in [-0.25, -0.2) is 9.97 Å². The van der Waals surface area contributed by atoms with Gasteiger partial charge in [0.2, 0.25) is 0 Å². The van der Waals surface area contributed by atoms with Crippen molar-refractivity contribution in [1.82, 2.24) is 9.97 Å². The van der Waals surface area contributed by atoms with E-state index in [1.165, 1.54) is 6.33 Å². The Bertz CT molecular complexity index is 889. The first-order valence-electron chi connectivity index (χ1n) is 10.1. The highest BCUT2D eigenvalue weighted by atomic mass is 16.5. The summed E-state index contributed by atoms with van der Waals surface area (Å²) in [6.45, 7) is 12.5. The van der Waals surface area contributed by atoms with Crippen molar-refractivity contribution in [3.8, 4) is 23.8 Å². The molecule has 7 heteroatoms. The van der Waals surface area contributed by atoms with E-state index < -0.39 is 0 Å². The Morgan fingerprint density at radius 2 is 1.62 bits per heavy atom. The van der Waals surface area contributed by atoms with Gasteiger partial charge in [-0.05, 0) is 25.5 Å². The van der Waals surface area contributed by atoms with Gasteiger partial charge in [0.1, 0.15) is 25.4 Å². The summed E-state index contributed by atoms with van der Waals surface area (Å²) in [7, 11) is 5.08. The number of rotatable bonds is 10. The van der Waals surface area contributed by atoms with Crippen molar-refractivity contribution in [2.45, 2.75) is 13.8 Å². The van der Waals surface area contributed by atoms with E-state index in [2.05, 4.69) is 34.4 Å². The molecule has 174 valence electrons. The van der Waals surface area contributed by atoms with Gasteiger partial charge in [0.25, 0.3) is 0 Å². The molecule has 0 saturated heterocycles. The van der Waals surface area contributed by atoms with E-state index in [1.54, 1.807) is 32.4 Å². The lowest BCUT2D eigenvalue weighted by Gasteiger charge is -2.14. The van der Waals surface area contributed by atoms with Crippen LogP contribution in [0, 0.1) is 12.3 Å². The minimum absolute atomic E-state index is 0.436. The van der Waals surface area contributed by atoms with Crippen LogP contribution >= 0.6 is 0 Å². The van der Waals surface area contributed by atoms with Gasteiger partial charge in [-0.1, -0.05) is 30.7 Å². The molecule has 32 heavy (non-hydrogen) atoms. The predicted octanol–water partition coefficient (Wildman–Crippen LogP) is 4.67. The summed E-state index contributed by atoms with van der Waals surface area (Å²) in [6.07, 6.45) is 11.7. The van der Waals surface area contributed by atoms with Crippen LogP contribution in [0.4, 0.5) is 5.82 Å². The van der Waals surface area contributed by atoms with Gasteiger partial charge in [-0.3, -0.25) is 0 Å². The largest absolute Gasteiger partial charge is 0.487 e. The Kier molecular flexibility index (Phi) is 16.5. The van der Waals surface area contributed by atoms with E-state index in [0.29, 0.717) is 37.9 Å². The van der Waals surface area contributed by atoms with Crippen molar-refractivity contribution in [2.24, 2.45) is 0 Å². The number of terminal acetylenes is 1. The first-order chi connectivity index (χ1) is 15.5. The maximum Gasteiger partial charge on any atom is 0.163 e. The standard InChI is InChI=1S/C15H21N3O4.C7H8.C3H6/c1-16-15-11-8-13(21-6-4-19-2)14(22-7-5-20-3)9-12(11)17-10-18-15;1-4-6-7(3)5-2;1-3-2/h8-10H,4-7H2,1-3H3,(H,16,17,18);2,4,6H,1H2,3H3;3H,1H2,2H3/b;7-6+;. The van der Waals surface area contributed by atoms with Gasteiger partial charge in [0, 0.05) is 32.7 Å². The molecule has 0 saturated carbocycles. The zero-order valence-electron chi connectivity index (χ0n) is 19.8. The third-order valence-electron chi connectivity index (χ3n) is 3.62. The van der Waals surface area contributed by atoms with Crippen molar-refractivity contribution >= 4 is 16.7 Å². The third kappa shape index (κ3) is 11.2. The Morgan fingerprint density at radius 3 is 2.06 bits per heavy atom. The minimum Gasteiger partial charge on any atom is -0.487 e. The van der Waals surface area contributed by atoms with Crippen LogP contribution in [0.3, 0.4) is 0 Å². The van der Waals surface area contributed by atoms with E-state index >= 15 is 0 Å². The third-order valence-corrected chi connectivity index (χ3v) is 3.62. The lowest BCUT2D eigenvalue weighted by atomic mass is 10.2. The highest BCUT2D eigenvalue weighted by Crippen LogP contribution is 2.34. The van der Waals surface area contributed by atoms with Crippen LogP contribution in [0.5, 0.6) is 11.5 Å². The second-order valence-electron chi connectivity index (χ2n) is 6.11. The average Bonchev–Trinajstić information content (AvgIpc) is 2.80. The lowest BCUT2D eigenvalue weighted by molar-refractivity contribution is 0.132. The van der Waals surface area contributed by atoms with Gasteiger partial charge < -0.3 is 24.3 Å². The summed E-state index contributed by atoms with van der Waals surface area (Å²) in [4.78, 5) is 8.48. The Labute approximate surface area is 192 Å². The number of aromatic nitrogens is 2. The number of hydrogen-bond acceptors (Lipinski definition) is 7. The second-order valence-corrected chi connectivity index (χ2v) is 6.11. The molecule has 0 aliphatic rings. The molecule has 0 aliphatic heterocycles. The highest BCUT2D eigenvalue weighted by molar-refractivity contribution is 5.91. The second kappa shape index (κ2) is 18.4. The zero-order chi connectivity index (χ0) is 24.2.